The van der Waals surface area contributed by atoms with Gasteiger partial charge in [0.2, 0.25) is 10.0 Å². The van der Waals surface area contributed by atoms with Gasteiger partial charge >= 0.3 is 0 Å². The molecule has 0 radical (unpaired) electrons. The minimum atomic E-state index is -3.14. The van der Waals surface area contributed by atoms with Gasteiger partial charge in [0, 0.05) is 43.1 Å². The normalized spacial score (nSPS) is 15.7. The molecule has 26 heavy (non-hydrogen) atoms. The molecule has 0 aliphatic carbocycles. The van der Waals surface area contributed by atoms with E-state index >= 15 is 0 Å². The van der Waals surface area contributed by atoms with E-state index in [1.807, 2.05) is 43.3 Å². The van der Waals surface area contributed by atoms with Crippen molar-refractivity contribution in [1.29, 1.82) is 0 Å². The van der Waals surface area contributed by atoms with Gasteiger partial charge in [-0.2, -0.15) is 4.31 Å². The van der Waals surface area contributed by atoms with E-state index in [9.17, 15) is 13.2 Å². The summed E-state index contributed by atoms with van der Waals surface area (Å²) in [6, 6.07) is 15.1. The Morgan fingerprint density at radius 2 is 1.65 bits per heavy atom. The van der Waals surface area contributed by atoms with E-state index in [1.54, 1.807) is 12.1 Å². The molecule has 7 heteroatoms. The van der Waals surface area contributed by atoms with Crippen LogP contribution in [0.1, 0.15) is 15.9 Å². The predicted octanol–water partition coefficient (Wildman–Crippen LogP) is 2.33. The summed E-state index contributed by atoms with van der Waals surface area (Å²) in [6.07, 6.45) is 1.24. The fourth-order valence-electron chi connectivity index (χ4n) is 2.97. The molecule has 2 aromatic rings. The minimum Gasteiger partial charge on any atom is -0.369 e. The molecule has 0 saturated carbocycles. The van der Waals surface area contributed by atoms with Gasteiger partial charge in [-0.05, 0) is 37.3 Å². The smallest absolute Gasteiger partial charge is 0.255 e. The molecule has 1 fully saturated rings. The first-order chi connectivity index (χ1) is 12.3. The molecule has 0 unspecified atom stereocenters. The van der Waals surface area contributed by atoms with E-state index in [0.717, 1.165) is 16.9 Å². The highest BCUT2D eigenvalue weighted by Gasteiger charge is 2.23. The number of hydrogen-bond acceptors (Lipinski definition) is 4. The number of anilines is 2. The van der Waals surface area contributed by atoms with Gasteiger partial charge in [-0.1, -0.05) is 23.8 Å². The number of carbonyl (C=O) groups is 1. The molecule has 1 saturated heterocycles. The first-order valence-corrected chi connectivity index (χ1v) is 10.4. The van der Waals surface area contributed by atoms with E-state index in [0.29, 0.717) is 31.7 Å². The molecule has 1 N–H and O–H groups in total. The average molecular weight is 373 g/mol. The Hall–Kier alpha value is -2.38. The number of rotatable bonds is 4. The van der Waals surface area contributed by atoms with E-state index in [1.165, 1.54) is 10.6 Å². The Bertz CT molecular complexity index is 887. The summed E-state index contributed by atoms with van der Waals surface area (Å²) in [5.74, 6) is -0.149. The quantitative estimate of drug-likeness (QED) is 0.893. The lowest BCUT2D eigenvalue weighted by molar-refractivity contribution is 0.102. The Labute approximate surface area is 154 Å². The van der Waals surface area contributed by atoms with E-state index in [-0.39, 0.29) is 5.91 Å². The Morgan fingerprint density at radius 1 is 1.00 bits per heavy atom. The molecule has 0 aromatic heterocycles. The van der Waals surface area contributed by atoms with Crippen LogP contribution in [0.5, 0.6) is 0 Å². The standard InChI is InChI=1S/C19H23N3O3S/c1-15-6-8-16(9-7-15)19(23)20-17-4-3-5-18(14-17)21-10-12-22(13-11-21)26(2,24)25/h3-9,14H,10-13H2,1-2H3,(H,20,23). The molecule has 1 aliphatic heterocycles. The summed E-state index contributed by atoms with van der Waals surface area (Å²) in [7, 11) is -3.14. The van der Waals surface area contributed by atoms with Crippen molar-refractivity contribution in [3.8, 4) is 0 Å². The summed E-state index contributed by atoms with van der Waals surface area (Å²) in [5.41, 5.74) is 3.41. The van der Waals surface area contributed by atoms with Crippen molar-refractivity contribution in [3.05, 3.63) is 59.7 Å². The van der Waals surface area contributed by atoms with Crippen LogP contribution in [-0.2, 0) is 10.0 Å². The molecule has 0 bridgehead atoms. The first-order valence-electron chi connectivity index (χ1n) is 8.51. The lowest BCUT2D eigenvalue weighted by atomic mass is 10.1. The van der Waals surface area contributed by atoms with Gasteiger partial charge in [-0.3, -0.25) is 4.79 Å². The van der Waals surface area contributed by atoms with Gasteiger partial charge in [0.25, 0.3) is 5.91 Å². The first kappa shape index (κ1) is 18.4. The molecule has 0 atom stereocenters. The zero-order valence-corrected chi connectivity index (χ0v) is 15.8. The van der Waals surface area contributed by atoms with Crippen LogP contribution in [0.2, 0.25) is 0 Å². The maximum atomic E-state index is 12.4. The SMILES string of the molecule is Cc1ccc(C(=O)Nc2cccc(N3CCN(S(C)(=O)=O)CC3)c2)cc1. The highest BCUT2D eigenvalue weighted by molar-refractivity contribution is 7.88. The maximum Gasteiger partial charge on any atom is 0.255 e. The van der Waals surface area contributed by atoms with Crippen LogP contribution in [0.25, 0.3) is 0 Å². The van der Waals surface area contributed by atoms with Crippen LogP contribution in [0.4, 0.5) is 11.4 Å². The third-order valence-corrected chi connectivity index (χ3v) is 5.79. The topological polar surface area (TPSA) is 69.7 Å². The summed E-state index contributed by atoms with van der Waals surface area (Å²) < 4.78 is 24.7. The van der Waals surface area contributed by atoms with Crippen molar-refractivity contribution >= 4 is 27.3 Å². The molecule has 138 valence electrons. The average Bonchev–Trinajstić information content (AvgIpc) is 2.62. The maximum absolute atomic E-state index is 12.4. The molecule has 1 amide bonds. The number of nitrogens with zero attached hydrogens (tertiary/aromatic N) is 2. The molecule has 1 aliphatic rings. The second-order valence-electron chi connectivity index (χ2n) is 6.52. The highest BCUT2D eigenvalue weighted by atomic mass is 32.2. The van der Waals surface area contributed by atoms with Crippen LogP contribution < -0.4 is 10.2 Å². The Balaban J connectivity index is 1.67. The fourth-order valence-corrected chi connectivity index (χ4v) is 3.79. The molecular formula is C19H23N3O3S. The summed E-state index contributed by atoms with van der Waals surface area (Å²) in [5, 5.41) is 2.92. The van der Waals surface area contributed by atoms with Crippen LogP contribution in [0, 0.1) is 6.92 Å². The summed E-state index contributed by atoms with van der Waals surface area (Å²) in [6.45, 7) is 4.18. The van der Waals surface area contributed by atoms with Crippen LogP contribution in [0.3, 0.4) is 0 Å². The number of carbonyl (C=O) groups excluding carboxylic acids is 1. The lowest BCUT2D eigenvalue weighted by Crippen LogP contribution is -2.48. The van der Waals surface area contributed by atoms with Gasteiger partial charge in [-0.15, -0.1) is 0 Å². The van der Waals surface area contributed by atoms with E-state index in [2.05, 4.69) is 10.2 Å². The number of hydrogen-bond donors (Lipinski definition) is 1. The second kappa shape index (κ2) is 7.47. The largest absolute Gasteiger partial charge is 0.369 e. The number of benzene rings is 2. The van der Waals surface area contributed by atoms with Crippen molar-refractivity contribution in [1.82, 2.24) is 4.31 Å². The van der Waals surface area contributed by atoms with Crippen molar-refractivity contribution in [2.45, 2.75) is 6.92 Å². The molecule has 3 rings (SSSR count). The summed E-state index contributed by atoms with van der Waals surface area (Å²) >= 11 is 0. The van der Waals surface area contributed by atoms with Gasteiger partial charge in [0.1, 0.15) is 0 Å². The van der Waals surface area contributed by atoms with Gasteiger partial charge in [0.05, 0.1) is 6.26 Å². The summed E-state index contributed by atoms with van der Waals surface area (Å²) in [4.78, 5) is 14.5. The lowest BCUT2D eigenvalue weighted by Gasteiger charge is -2.34. The van der Waals surface area contributed by atoms with Crippen LogP contribution in [0.15, 0.2) is 48.5 Å². The third-order valence-electron chi connectivity index (χ3n) is 4.49. The number of piperazine rings is 1. The van der Waals surface area contributed by atoms with Crippen LogP contribution in [-0.4, -0.2) is 51.1 Å². The second-order valence-corrected chi connectivity index (χ2v) is 8.50. The molecule has 2 aromatic carbocycles. The zero-order valence-electron chi connectivity index (χ0n) is 15.0. The minimum absolute atomic E-state index is 0.149. The van der Waals surface area contributed by atoms with Gasteiger partial charge < -0.3 is 10.2 Å². The Morgan fingerprint density at radius 3 is 2.27 bits per heavy atom. The molecule has 0 spiro atoms. The predicted molar refractivity (Wildman–Crippen MR) is 104 cm³/mol. The monoisotopic (exact) mass is 373 g/mol. The highest BCUT2D eigenvalue weighted by Crippen LogP contribution is 2.22. The number of amides is 1. The van der Waals surface area contributed by atoms with Crippen molar-refractivity contribution in [3.63, 3.8) is 0 Å². The van der Waals surface area contributed by atoms with Crippen molar-refractivity contribution in [2.24, 2.45) is 0 Å². The van der Waals surface area contributed by atoms with Crippen molar-refractivity contribution in [2.75, 3.05) is 42.7 Å². The van der Waals surface area contributed by atoms with Crippen molar-refractivity contribution < 1.29 is 13.2 Å². The van der Waals surface area contributed by atoms with Gasteiger partial charge in [0.15, 0.2) is 0 Å². The molecule has 1 heterocycles. The number of nitrogens with one attached hydrogen (secondary N) is 1. The zero-order chi connectivity index (χ0) is 18.7. The van der Waals surface area contributed by atoms with E-state index < -0.39 is 10.0 Å². The number of aryl methyl sites for hydroxylation is 1. The number of sulfonamides is 1. The Kier molecular flexibility index (Phi) is 5.29. The fraction of sp³-hybridized carbons (Fsp3) is 0.316. The molecule has 6 nitrogen and oxygen atoms in total. The van der Waals surface area contributed by atoms with E-state index in [4.69, 9.17) is 0 Å². The van der Waals surface area contributed by atoms with Gasteiger partial charge in [-0.25, -0.2) is 8.42 Å². The van der Waals surface area contributed by atoms with Crippen LogP contribution >= 0.6 is 0 Å². The molecular weight excluding hydrogens is 350 g/mol. The third kappa shape index (κ3) is 4.42.